The SMILES string of the molecule is OC[C@@H]1COCCN(C2CCN(CCc3ccccc3)CC2)C1. The third-order valence-corrected chi connectivity index (χ3v) is 5.26. The number of aliphatic hydroxyl groups is 1. The Morgan fingerprint density at radius 3 is 2.61 bits per heavy atom. The molecular formula is C19H30N2O2. The summed E-state index contributed by atoms with van der Waals surface area (Å²) in [6.45, 7) is 7.33. The predicted molar refractivity (Wildman–Crippen MR) is 92.6 cm³/mol. The largest absolute Gasteiger partial charge is 0.396 e. The number of hydrogen-bond acceptors (Lipinski definition) is 4. The first-order valence-corrected chi connectivity index (χ1v) is 9.04. The molecule has 1 aromatic rings. The lowest BCUT2D eigenvalue weighted by molar-refractivity contribution is 0.0916. The van der Waals surface area contributed by atoms with Crippen LogP contribution in [0.3, 0.4) is 0 Å². The van der Waals surface area contributed by atoms with Crippen LogP contribution in [0.4, 0.5) is 0 Å². The van der Waals surface area contributed by atoms with Gasteiger partial charge in [-0.15, -0.1) is 0 Å². The fraction of sp³-hybridized carbons (Fsp3) is 0.684. The van der Waals surface area contributed by atoms with Crippen LogP contribution in [0.5, 0.6) is 0 Å². The first-order valence-electron chi connectivity index (χ1n) is 9.04. The maximum atomic E-state index is 9.44. The molecule has 0 amide bonds. The van der Waals surface area contributed by atoms with Crippen molar-refractivity contribution in [2.24, 2.45) is 5.92 Å². The molecule has 2 heterocycles. The highest BCUT2D eigenvalue weighted by Gasteiger charge is 2.27. The molecule has 128 valence electrons. The van der Waals surface area contributed by atoms with Gasteiger partial charge < -0.3 is 14.7 Å². The van der Waals surface area contributed by atoms with Crippen molar-refractivity contribution in [2.75, 3.05) is 52.5 Å². The molecule has 0 radical (unpaired) electrons. The Morgan fingerprint density at radius 2 is 1.87 bits per heavy atom. The van der Waals surface area contributed by atoms with Crippen molar-refractivity contribution in [3.63, 3.8) is 0 Å². The number of piperidine rings is 1. The summed E-state index contributed by atoms with van der Waals surface area (Å²) in [5.74, 6) is 0.286. The fourth-order valence-electron chi connectivity index (χ4n) is 3.79. The second-order valence-electron chi connectivity index (χ2n) is 6.93. The van der Waals surface area contributed by atoms with E-state index < -0.39 is 0 Å². The minimum absolute atomic E-state index is 0.242. The van der Waals surface area contributed by atoms with Gasteiger partial charge in [-0.3, -0.25) is 4.90 Å². The molecule has 2 aliphatic rings. The Labute approximate surface area is 140 Å². The van der Waals surface area contributed by atoms with E-state index in [0.717, 1.165) is 26.1 Å². The zero-order valence-electron chi connectivity index (χ0n) is 14.1. The Bertz CT molecular complexity index is 446. The highest BCUT2D eigenvalue weighted by molar-refractivity contribution is 5.14. The van der Waals surface area contributed by atoms with Crippen LogP contribution in [0.2, 0.25) is 0 Å². The summed E-state index contributed by atoms with van der Waals surface area (Å²) in [5.41, 5.74) is 1.44. The van der Waals surface area contributed by atoms with Gasteiger partial charge in [0.25, 0.3) is 0 Å². The number of aliphatic hydroxyl groups excluding tert-OH is 1. The zero-order valence-corrected chi connectivity index (χ0v) is 14.1. The van der Waals surface area contributed by atoms with Crippen LogP contribution in [0, 0.1) is 5.92 Å². The maximum absolute atomic E-state index is 9.44. The van der Waals surface area contributed by atoms with Gasteiger partial charge in [0, 0.05) is 38.2 Å². The van der Waals surface area contributed by atoms with Crippen molar-refractivity contribution in [1.82, 2.24) is 9.80 Å². The second kappa shape index (κ2) is 8.78. The van der Waals surface area contributed by atoms with Crippen LogP contribution in [0.25, 0.3) is 0 Å². The Hall–Kier alpha value is -0.940. The molecule has 2 fully saturated rings. The average Bonchev–Trinajstić information content (AvgIpc) is 2.87. The molecule has 3 rings (SSSR count). The van der Waals surface area contributed by atoms with Crippen LogP contribution < -0.4 is 0 Å². The summed E-state index contributed by atoms with van der Waals surface area (Å²) >= 11 is 0. The minimum atomic E-state index is 0.242. The average molecular weight is 318 g/mol. The summed E-state index contributed by atoms with van der Waals surface area (Å²) < 4.78 is 5.62. The van der Waals surface area contributed by atoms with Crippen LogP contribution in [0.1, 0.15) is 18.4 Å². The summed E-state index contributed by atoms with van der Waals surface area (Å²) in [6.07, 6.45) is 3.63. The third kappa shape index (κ3) is 5.01. The van der Waals surface area contributed by atoms with E-state index in [1.165, 1.54) is 38.0 Å². The van der Waals surface area contributed by atoms with Gasteiger partial charge in [0.05, 0.1) is 13.2 Å². The fourth-order valence-corrected chi connectivity index (χ4v) is 3.79. The standard InChI is InChI=1S/C19H30N2O2/c22-15-18-14-21(12-13-23-16-18)19-7-10-20(11-8-19)9-6-17-4-2-1-3-5-17/h1-5,18-19,22H,6-16H2/t18-/m1/s1. The summed E-state index contributed by atoms with van der Waals surface area (Å²) in [7, 11) is 0. The van der Waals surface area contributed by atoms with Gasteiger partial charge in [0.2, 0.25) is 0 Å². The quantitative estimate of drug-likeness (QED) is 0.895. The number of likely N-dealkylation sites (tertiary alicyclic amines) is 1. The topological polar surface area (TPSA) is 35.9 Å². The smallest absolute Gasteiger partial charge is 0.0593 e. The van der Waals surface area contributed by atoms with Crippen molar-refractivity contribution in [2.45, 2.75) is 25.3 Å². The van der Waals surface area contributed by atoms with Gasteiger partial charge in [-0.2, -0.15) is 0 Å². The molecule has 0 aromatic heterocycles. The van der Waals surface area contributed by atoms with Gasteiger partial charge in [-0.05, 0) is 37.9 Å². The Morgan fingerprint density at radius 1 is 1.09 bits per heavy atom. The minimum Gasteiger partial charge on any atom is -0.396 e. The molecule has 0 aliphatic carbocycles. The maximum Gasteiger partial charge on any atom is 0.0593 e. The summed E-state index contributed by atoms with van der Waals surface area (Å²) in [6, 6.07) is 11.4. The van der Waals surface area contributed by atoms with Crippen molar-refractivity contribution in [1.29, 1.82) is 0 Å². The molecule has 0 saturated carbocycles. The molecule has 0 spiro atoms. The summed E-state index contributed by atoms with van der Waals surface area (Å²) in [4.78, 5) is 5.16. The molecule has 23 heavy (non-hydrogen) atoms. The Kier molecular flexibility index (Phi) is 6.46. The van der Waals surface area contributed by atoms with Crippen LogP contribution >= 0.6 is 0 Å². The van der Waals surface area contributed by atoms with Gasteiger partial charge in [-0.1, -0.05) is 30.3 Å². The molecule has 0 unspecified atom stereocenters. The molecule has 1 aromatic carbocycles. The predicted octanol–water partition coefficient (Wildman–Crippen LogP) is 1.63. The van der Waals surface area contributed by atoms with Gasteiger partial charge >= 0.3 is 0 Å². The third-order valence-electron chi connectivity index (χ3n) is 5.26. The molecule has 2 saturated heterocycles. The Balaban J connectivity index is 1.42. The van der Waals surface area contributed by atoms with Crippen LogP contribution in [-0.4, -0.2) is 73.5 Å². The lowest BCUT2D eigenvalue weighted by Crippen LogP contribution is -2.47. The molecule has 4 heteroatoms. The number of nitrogens with zero attached hydrogens (tertiary/aromatic N) is 2. The lowest BCUT2D eigenvalue weighted by atomic mass is 10.0. The van der Waals surface area contributed by atoms with Crippen molar-refractivity contribution in [3.05, 3.63) is 35.9 Å². The molecule has 1 N–H and O–H groups in total. The van der Waals surface area contributed by atoms with Gasteiger partial charge in [0.1, 0.15) is 0 Å². The van der Waals surface area contributed by atoms with E-state index in [2.05, 4.69) is 40.1 Å². The zero-order chi connectivity index (χ0) is 15.9. The first-order chi connectivity index (χ1) is 11.3. The summed E-state index contributed by atoms with van der Waals surface area (Å²) in [5, 5.41) is 9.44. The van der Waals surface area contributed by atoms with E-state index in [1.54, 1.807) is 0 Å². The normalized spacial score (nSPS) is 25.3. The lowest BCUT2D eigenvalue weighted by Gasteiger charge is -2.38. The number of ether oxygens (including phenoxy) is 1. The molecule has 4 nitrogen and oxygen atoms in total. The van der Waals surface area contributed by atoms with Crippen molar-refractivity contribution in [3.8, 4) is 0 Å². The molecular weight excluding hydrogens is 288 g/mol. The number of hydrogen-bond donors (Lipinski definition) is 1. The molecule has 0 bridgehead atoms. The monoisotopic (exact) mass is 318 g/mol. The van der Waals surface area contributed by atoms with Crippen LogP contribution in [0.15, 0.2) is 30.3 Å². The van der Waals surface area contributed by atoms with Crippen molar-refractivity contribution < 1.29 is 9.84 Å². The van der Waals surface area contributed by atoms with E-state index in [0.29, 0.717) is 12.6 Å². The van der Waals surface area contributed by atoms with E-state index in [4.69, 9.17) is 4.74 Å². The van der Waals surface area contributed by atoms with E-state index in [9.17, 15) is 5.11 Å². The number of rotatable bonds is 5. The first kappa shape index (κ1) is 16.9. The second-order valence-corrected chi connectivity index (χ2v) is 6.93. The molecule has 1 atom stereocenters. The highest BCUT2D eigenvalue weighted by atomic mass is 16.5. The van der Waals surface area contributed by atoms with E-state index in [-0.39, 0.29) is 12.5 Å². The van der Waals surface area contributed by atoms with Gasteiger partial charge in [-0.25, -0.2) is 0 Å². The van der Waals surface area contributed by atoms with Gasteiger partial charge in [0.15, 0.2) is 0 Å². The van der Waals surface area contributed by atoms with Crippen LogP contribution in [-0.2, 0) is 11.2 Å². The van der Waals surface area contributed by atoms with Crippen molar-refractivity contribution >= 4 is 0 Å². The molecule has 2 aliphatic heterocycles. The van der Waals surface area contributed by atoms with E-state index >= 15 is 0 Å². The van der Waals surface area contributed by atoms with E-state index in [1.807, 2.05) is 0 Å². The number of benzene rings is 1. The highest BCUT2D eigenvalue weighted by Crippen LogP contribution is 2.19.